The lowest BCUT2D eigenvalue weighted by Gasteiger charge is -2.15. The Morgan fingerprint density at radius 3 is 2.62 bits per heavy atom. The van der Waals surface area contributed by atoms with Crippen molar-refractivity contribution in [1.82, 2.24) is 4.72 Å². The number of hydrogen-bond donors (Lipinski definition) is 2. The number of nitrogens with two attached hydrogens (primary N) is 1. The molecular weight excluding hydrogens is 312 g/mol. The number of benzene rings is 1. The van der Waals surface area contributed by atoms with Crippen LogP contribution in [0.4, 0.5) is 0 Å². The number of hydrogen-bond acceptors (Lipinski definition) is 5. The van der Waals surface area contributed by atoms with E-state index in [1.165, 1.54) is 13.0 Å². The van der Waals surface area contributed by atoms with E-state index in [0.717, 1.165) is 0 Å². The first-order chi connectivity index (χ1) is 9.69. The van der Waals surface area contributed by atoms with Gasteiger partial charge in [-0.1, -0.05) is 24.4 Å². The van der Waals surface area contributed by atoms with Crippen LogP contribution in [0.25, 0.3) is 0 Å². The fraction of sp³-hybridized carbons (Fsp3) is 0.385. The molecule has 0 bridgehead atoms. The molecule has 1 aromatic carbocycles. The first-order valence-corrected chi connectivity index (χ1v) is 8.17. The molecule has 1 aromatic rings. The minimum Gasteiger partial charge on any atom is -0.465 e. The third-order valence-corrected chi connectivity index (χ3v) is 4.65. The molecule has 0 spiro atoms. The number of carbonyl (C=O) groups is 1. The summed E-state index contributed by atoms with van der Waals surface area (Å²) in [7, 11) is -3.88. The molecule has 0 saturated carbocycles. The molecule has 0 aliphatic heterocycles. The third kappa shape index (κ3) is 4.48. The summed E-state index contributed by atoms with van der Waals surface area (Å²) in [5, 5.41) is 0. The van der Waals surface area contributed by atoms with Gasteiger partial charge in [0, 0.05) is 5.56 Å². The van der Waals surface area contributed by atoms with Crippen molar-refractivity contribution in [2.75, 3.05) is 6.61 Å². The molecule has 1 unspecified atom stereocenters. The molecule has 116 valence electrons. The molecule has 6 nitrogen and oxygen atoms in total. The van der Waals surface area contributed by atoms with Gasteiger partial charge in [-0.3, -0.25) is 4.79 Å². The van der Waals surface area contributed by atoms with Gasteiger partial charge in [-0.2, -0.15) is 4.72 Å². The SMILES string of the molecule is CCOC(=O)C(C)NS(=O)(=O)c1cc(C(N)=S)ccc1C. The van der Waals surface area contributed by atoms with Crippen molar-refractivity contribution >= 4 is 33.2 Å². The van der Waals surface area contributed by atoms with Gasteiger partial charge in [0.05, 0.1) is 11.5 Å². The predicted molar refractivity (Wildman–Crippen MR) is 83.5 cm³/mol. The van der Waals surface area contributed by atoms with Crippen LogP contribution in [0.3, 0.4) is 0 Å². The maximum atomic E-state index is 12.3. The molecule has 1 rings (SSSR count). The van der Waals surface area contributed by atoms with Gasteiger partial charge < -0.3 is 10.5 Å². The summed E-state index contributed by atoms with van der Waals surface area (Å²) in [5.41, 5.74) is 6.48. The van der Waals surface area contributed by atoms with Gasteiger partial charge in [0.1, 0.15) is 11.0 Å². The maximum Gasteiger partial charge on any atom is 0.323 e. The summed E-state index contributed by atoms with van der Waals surface area (Å²) < 4.78 is 31.7. The van der Waals surface area contributed by atoms with Crippen molar-refractivity contribution in [1.29, 1.82) is 0 Å². The molecule has 8 heteroatoms. The van der Waals surface area contributed by atoms with Gasteiger partial charge in [0.25, 0.3) is 0 Å². The van der Waals surface area contributed by atoms with Gasteiger partial charge in [-0.05, 0) is 32.4 Å². The van der Waals surface area contributed by atoms with Crippen LogP contribution in [0.15, 0.2) is 23.1 Å². The summed E-state index contributed by atoms with van der Waals surface area (Å²) in [6.07, 6.45) is 0. The smallest absolute Gasteiger partial charge is 0.323 e. The topological polar surface area (TPSA) is 98.5 Å². The zero-order valence-corrected chi connectivity index (χ0v) is 13.7. The second-order valence-corrected chi connectivity index (χ2v) is 6.56. The lowest BCUT2D eigenvalue weighted by Crippen LogP contribution is -2.39. The highest BCUT2D eigenvalue weighted by Gasteiger charge is 2.24. The largest absolute Gasteiger partial charge is 0.465 e. The van der Waals surface area contributed by atoms with Crippen molar-refractivity contribution in [3.05, 3.63) is 29.3 Å². The summed E-state index contributed by atoms with van der Waals surface area (Å²) >= 11 is 4.84. The van der Waals surface area contributed by atoms with E-state index in [4.69, 9.17) is 22.7 Å². The highest BCUT2D eigenvalue weighted by molar-refractivity contribution is 7.89. The monoisotopic (exact) mass is 330 g/mol. The maximum absolute atomic E-state index is 12.3. The molecular formula is C13H18N2O4S2. The Bertz CT molecular complexity index is 656. The number of rotatable bonds is 6. The zero-order chi connectivity index (χ0) is 16.2. The Hall–Kier alpha value is -1.51. The van der Waals surface area contributed by atoms with Crippen LogP contribution < -0.4 is 10.5 Å². The van der Waals surface area contributed by atoms with E-state index in [1.807, 2.05) is 0 Å². The van der Waals surface area contributed by atoms with Crippen LogP contribution in [0, 0.1) is 6.92 Å². The number of esters is 1. The van der Waals surface area contributed by atoms with Crippen LogP contribution >= 0.6 is 12.2 Å². The average Bonchev–Trinajstić information content (AvgIpc) is 2.38. The van der Waals surface area contributed by atoms with E-state index in [-0.39, 0.29) is 16.5 Å². The van der Waals surface area contributed by atoms with Crippen molar-refractivity contribution in [3.8, 4) is 0 Å². The van der Waals surface area contributed by atoms with E-state index in [0.29, 0.717) is 11.1 Å². The highest BCUT2D eigenvalue weighted by atomic mass is 32.2. The van der Waals surface area contributed by atoms with E-state index in [2.05, 4.69) is 4.72 Å². The molecule has 1 atom stereocenters. The van der Waals surface area contributed by atoms with Gasteiger partial charge in [-0.15, -0.1) is 0 Å². The van der Waals surface area contributed by atoms with Crippen molar-refractivity contribution in [2.45, 2.75) is 31.7 Å². The van der Waals surface area contributed by atoms with Crippen molar-refractivity contribution < 1.29 is 17.9 Å². The minimum atomic E-state index is -3.88. The lowest BCUT2D eigenvalue weighted by molar-refractivity contribution is -0.144. The normalized spacial score (nSPS) is 12.7. The van der Waals surface area contributed by atoms with Gasteiger partial charge in [-0.25, -0.2) is 8.42 Å². The first kappa shape index (κ1) is 17.5. The van der Waals surface area contributed by atoms with Crippen molar-refractivity contribution in [3.63, 3.8) is 0 Å². The fourth-order valence-corrected chi connectivity index (χ4v) is 3.24. The van der Waals surface area contributed by atoms with E-state index < -0.39 is 22.0 Å². The predicted octanol–water partition coefficient (Wildman–Crippen LogP) is 0.859. The number of thiocarbonyl (C=S) groups is 1. The van der Waals surface area contributed by atoms with Crippen LogP contribution in [0.1, 0.15) is 25.0 Å². The number of ether oxygens (including phenoxy) is 1. The summed E-state index contributed by atoms with van der Waals surface area (Å²) in [5.74, 6) is -0.635. The number of sulfonamides is 1. The molecule has 0 heterocycles. The Balaban J connectivity index is 3.11. The van der Waals surface area contributed by atoms with Crippen LogP contribution in [-0.2, 0) is 19.6 Å². The molecule has 21 heavy (non-hydrogen) atoms. The van der Waals surface area contributed by atoms with Crippen LogP contribution in [0.2, 0.25) is 0 Å². The summed E-state index contributed by atoms with van der Waals surface area (Å²) in [4.78, 5) is 11.7. The van der Waals surface area contributed by atoms with Gasteiger partial charge >= 0.3 is 5.97 Å². The Labute approximate surface area is 129 Å². The van der Waals surface area contributed by atoms with E-state index in [9.17, 15) is 13.2 Å². The molecule has 0 amide bonds. The van der Waals surface area contributed by atoms with E-state index >= 15 is 0 Å². The molecule has 0 radical (unpaired) electrons. The number of carbonyl (C=O) groups excluding carboxylic acids is 1. The Morgan fingerprint density at radius 2 is 2.10 bits per heavy atom. The second kappa shape index (κ2) is 6.97. The lowest BCUT2D eigenvalue weighted by atomic mass is 10.1. The van der Waals surface area contributed by atoms with Gasteiger partial charge in [0.2, 0.25) is 10.0 Å². The standard InChI is InChI=1S/C13H18N2O4S2/c1-4-19-13(16)9(3)15-21(17,18)11-7-10(12(14)20)6-5-8(11)2/h5-7,9,15H,4H2,1-3H3,(H2,14,20). The average molecular weight is 330 g/mol. The van der Waals surface area contributed by atoms with E-state index in [1.54, 1.807) is 26.0 Å². The number of nitrogens with one attached hydrogen (secondary N) is 1. The van der Waals surface area contributed by atoms with Gasteiger partial charge in [0.15, 0.2) is 0 Å². The summed E-state index contributed by atoms with van der Waals surface area (Å²) in [6.45, 7) is 4.89. The Kier molecular flexibility index (Phi) is 5.82. The highest BCUT2D eigenvalue weighted by Crippen LogP contribution is 2.17. The Morgan fingerprint density at radius 1 is 1.48 bits per heavy atom. The number of aryl methyl sites for hydroxylation is 1. The molecule has 0 aromatic heterocycles. The third-order valence-electron chi connectivity index (χ3n) is 2.73. The molecule has 3 N–H and O–H groups in total. The molecule has 0 saturated heterocycles. The van der Waals surface area contributed by atoms with Crippen LogP contribution in [0.5, 0.6) is 0 Å². The first-order valence-electron chi connectivity index (χ1n) is 6.28. The minimum absolute atomic E-state index is 0.0314. The molecule has 0 aliphatic carbocycles. The molecule has 0 aliphatic rings. The fourth-order valence-electron chi connectivity index (χ4n) is 1.65. The quantitative estimate of drug-likeness (QED) is 0.593. The van der Waals surface area contributed by atoms with Crippen molar-refractivity contribution in [2.24, 2.45) is 5.73 Å². The zero-order valence-electron chi connectivity index (χ0n) is 12.0. The van der Waals surface area contributed by atoms with Crippen LogP contribution in [-0.4, -0.2) is 32.0 Å². The second-order valence-electron chi connectivity index (χ2n) is 4.44. The molecule has 0 fully saturated rings. The summed E-state index contributed by atoms with van der Waals surface area (Å²) in [6, 6.07) is 3.66.